The molecular weight excluding hydrogens is 204 g/mol. The van der Waals surface area contributed by atoms with E-state index >= 15 is 0 Å². The second-order valence-electron chi connectivity index (χ2n) is 2.70. The predicted octanol–water partition coefficient (Wildman–Crippen LogP) is -0.445. The molecule has 84 valence electrons. The highest BCUT2D eigenvalue weighted by Gasteiger charge is 2.23. The Kier molecular flexibility index (Phi) is 5.25. The van der Waals surface area contributed by atoms with Gasteiger partial charge in [0.05, 0.1) is 0 Å². The quantitative estimate of drug-likeness (QED) is 0.389. The van der Waals surface area contributed by atoms with Gasteiger partial charge in [0, 0.05) is 6.08 Å². The van der Waals surface area contributed by atoms with E-state index in [4.69, 9.17) is 5.11 Å². The van der Waals surface area contributed by atoms with E-state index in [0.29, 0.717) is 0 Å². The first kappa shape index (κ1) is 13.3. The van der Waals surface area contributed by atoms with Crippen molar-refractivity contribution in [1.82, 2.24) is 0 Å². The van der Waals surface area contributed by atoms with E-state index in [2.05, 4.69) is 16.1 Å². The van der Waals surface area contributed by atoms with Gasteiger partial charge in [0.2, 0.25) is 0 Å². The van der Waals surface area contributed by atoms with E-state index < -0.39 is 30.1 Å². The highest BCUT2D eigenvalue weighted by molar-refractivity contribution is 5.93. The molecule has 6 nitrogen and oxygen atoms in total. The van der Waals surface area contributed by atoms with Gasteiger partial charge in [-0.1, -0.05) is 6.58 Å². The number of hydrogen-bond acceptors (Lipinski definition) is 6. The summed E-state index contributed by atoms with van der Waals surface area (Å²) in [6, 6.07) is 0. The number of rotatable bonds is 4. The van der Waals surface area contributed by atoms with Crippen molar-refractivity contribution in [2.24, 2.45) is 0 Å². The molecule has 2 unspecified atom stereocenters. The largest absolute Gasteiger partial charge is 0.449 e. The maximum Gasteiger partial charge on any atom is 0.355 e. The van der Waals surface area contributed by atoms with Gasteiger partial charge in [-0.2, -0.15) is 0 Å². The molecule has 0 saturated carbocycles. The smallest absolute Gasteiger partial charge is 0.355 e. The standard InChI is InChI=1S/C9H12O6/c1-4-7(11)15-9(13)6(3)14-8(12)5(2)10/h4-6,10H,1H2,2-3H3. The number of carbonyl (C=O) groups is 3. The normalized spacial score (nSPS) is 13.5. The third kappa shape index (κ3) is 4.92. The van der Waals surface area contributed by atoms with Crippen LogP contribution >= 0.6 is 0 Å². The Morgan fingerprint density at radius 3 is 2.20 bits per heavy atom. The van der Waals surface area contributed by atoms with Crippen LogP contribution in [0.5, 0.6) is 0 Å². The molecule has 0 aromatic carbocycles. The molecule has 0 aromatic heterocycles. The lowest BCUT2D eigenvalue weighted by molar-refractivity contribution is -0.174. The van der Waals surface area contributed by atoms with Crippen LogP contribution < -0.4 is 0 Å². The van der Waals surface area contributed by atoms with Crippen molar-refractivity contribution in [1.29, 1.82) is 0 Å². The summed E-state index contributed by atoms with van der Waals surface area (Å²) < 4.78 is 8.66. The molecule has 0 bridgehead atoms. The Morgan fingerprint density at radius 2 is 1.80 bits per heavy atom. The van der Waals surface area contributed by atoms with E-state index in [1.54, 1.807) is 0 Å². The second kappa shape index (κ2) is 5.92. The predicted molar refractivity (Wildman–Crippen MR) is 48.5 cm³/mol. The lowest BCUT2D eigenvalue weighted by Crippen LogP contribution is -2.31. The van der Waals surface area contributed by atoms with Gasteiger partial charge in [-0.15, -0.1) is 0 Å². The van der Waals surface area contributed by atoms with Crippen LogP contribution in [0.2, 0.25) is 0 Å². The van der Waals surface area contributed by atoms with Crippen LogP contribution in [0.3, 0.4) is 0 Å². The molecule has 0 rings (SSSR count). The minimum atomic E-state index is -1.34. The SMILES string of the molecule is C=CC(=O)OC(=O)C(C)OC(=O)C(C)O. The average molecular weight is 216 g/mol. The zero-order valence-electron chi connectivity index (χ0n) is 8.43. The Bertz CT molecular complexity index is 280. The van der Waals surface area contributed by atoms with E-state index in [1.807, 2.05) is 0 Å². The third-order valence-electron chi connectivity index (χ3n) is 1.33. The van der Waals surface area contributed by atoms with Crippen molar-refractivity contribution in [3.05, 3.63) is 12.7 Å². The van der Waals surface area contributed by atoms with Crippen LogP contribution in [0, 0.1) is 0 Å². The summed E-state index contributed by atoms with van der Waals surface area (Å²) in [5, 5.41) is 8.77. The Hall–Kier alpha value is -1.69. The van der Waals surface area contributed by atoms with E-state index in [9.17, 15) is 14.4 Å². The molecule has 1 N–H and O–H groups in total. The van der Waals surface area contributed by atoms with Gasteiger partial charge in [0.1, 0.15) is 6.10 Å². The van der Waals surface area contributed by atoms with Crippen LogP contribution in [-0.4, -0.2) is 35.2 Å². The molecule has 2 atom stereocenters. The van der Waals surface area contributed by atoms with Gasteiger partial charge in [-0.3, -0.25) is 0 Å². The van der Waals surface area contributed by atoms with Crippen LogP contribution in [0.4, 0.5) is 0 Å². The van der Waals surface area contributed by atoms with Crippen molar-refractivity contribution in [3.63, 3.8) is 0 Å². The molecule has 0 spiro atoms. The van der Waals surface area contributed by atoms with Gasteiger partial charge in [0.15, 0.2) is 6.10 Å². The Balaban J connectivity index is 4.16. The molecule has 0 saturated heterocycles. The van der Waals surface area contributed by atoms with Crippen molar-refractivity contribution in [2.45, 2.75) is 26.1 Å². The number of aliphatic hydroxyl groups excluding tert-OH is 1. The zero-order valence-corrected chi connectivity index (χ0v) is 8.43. The van der Waals surface area contributed by atoms with Gasteiger partial charge in [0.25, 0.3) is 0 Å². The summed E-state index contributed by atoms with van der Waals surface area (Å²) in [6.07, 6.45) is -1.78. The summed E-state index contributed by atoms with van der Waals surface area (Å²) >= 11 is 0. The zero-order chi connectivity index (χ0) is 12.0. The molecule has 0 aliphatic carbocycles. The van der Waals surface area contributed by atoms with Gasteiger partial charge in [-0.05, 0) is 13.8 Å². The summed E-state index contributed by atoms with van der Waals surface area (Å²) in [7, 11) is 0. The van der Waals surface area contributed by atoms with Gasteiger partial charge >= 0.3 is 17.9 Å². The lowest BCUT2D eigenvalue weighted by atomic mass is 10.4. The number of esters is 3. The topological polar surface area (TPSA) is 89.9 Å². The van der Waals surface area contributed by atoms with E-state index in [0.717, 1.165) is 6.08 Å². The maximum atomic E-state index is 11.0. The first-order valence-electron chi connectivity index (χ1n) is 4.15. The molecule has 0 aliphatic rings. The fraction of sp³-hybridized carbons (Fsp3) is 0.444. The van der Waals surface area contributed by atoms with Crippen molar-refractivity contribution < 1.29 is 29.0 Å². The number of carbonyl (C=O) groups excluding carboxylic acids is 3. The third-order valence-corrected chi connectivity index (χ3v) is 1.33. The first-order valence-corrected chi connectivity index (χ1v) is 4.15. The Morgan fingerprint density at radius 1 is 1.27 bits per heavy atom. The second-order valence-corrected chi connectivity index (χ2v) is 2.70. The van der Waals surface area contributed by atoms with Crippen molar-refractivity contribution in [3.8, 4) is 0 Å². The molecule has 0 heterocycles. The highest BCUT2D eigenvalue weighted by Crippen LogP contribution is 1.98. The molecule has 0 fully saturated rings. The summed E-state index contributed by atoms with van der Waals surface area (Å²) in [5.41, 5.74) is 0. The molecule has 6 heteroatoms. The average Bonchev–Trinajstić information content (AvgIpc) is 2.16. The molecular formula is C9H12O6. The number of aliphatic hydroxyl groups is 1. The number of ether oxygens (including phenoxy) is 2. The summed E-state index contributed by atoms with van der Waals surface area (Å²) in [5.74, 6) is -2.92. The highest BCUT2D eigenvalue weighted by atomic mass is 16.6. The maximum absolute atomic E-state index is 11.0. The monoisotopic (exact) mass is 216 g/mol. The summed E-state index contributed by atoms with van der Waals surface area (Å²) in [6.45, 7) is 5.50. The van der Waals surface area contributed by atoms with Crippen molar-refractivity contribution >= 4 is 17.9 Å². The minimum absolute atomic E-state index is 0.807. The fourth-order valence-electron chi connectivity index (χ4n) is 0.545. The van der Waals surface area contributed by atoms with Crippen LogP contribution in [-0.2, 0) is 23.9 Å². The Labute approximate surface area is 86.5 Å². The van der Waals surface area contributed by atoms with Crippen LogP contribution in [0.1, 0.15) is 13.8 Å². The van der Waals surface area contributed by atoms with Crippen molar-refractivity contribution in [2.75, 3.05) is 0 Å². The van der Waals surface area contributed by atoms with Gasteiger partial charge in [-0.25, -0.2) is 14.4 Å². The van der Waals surface area contributed by atoms with E-state index in [-0.39, 0.29) is 0 Å². The number of hydrogen-bond donors (Lipinski definition) is 1. The fourth-order valence-corrected chi connectivity index (χ4v) is 0.545. The van der Waals surface area contributed by atoms with E-state index in [1.165, 1.54) is 13.8 Å². The first-order chi connectivity index (χ1) is 6.88. The minimum Gasteiger partial charge on any atom is -0.449 e. The van der Waals surface area contributed by atoms with Crippen LogP contribution in [0.15, 0.2) is 12.7 Å². The molecule has 0 amide bonds. The van der Waals surface area contributed by atoms with Crippen LogP contribution in [0.25, 0.3) is 0 Å². The lowest BCUT2D eigenvalue weighted by Gasteiger charge is -2.11. The molecule has 0 aliphatic heterocycles. The molecule has 0 aromatic rings. The summed E-state index contributed by atoms with van der Waals surface area (Å²) in [4.78, 5) is 32.4. The molecule has 0 radical (unpaired) electrons. The molecule has 15 heavy (non-hydrogen) atoms. The van der Waals surface area contributed by atoms with Gasteiger partial charge < -0.3 is 14.6 Å².